The molecule has 0 spiro atoms. The Balaban J connectivity index is 1.66. The monoisotopic (exact) mass is 349 g/mol. The van der Waals surface area contributed by atoms with E-state index in [0.717, 1.165) is 23.3 Å². The van der Waals surface area contributed by atoms with Crippen molar-refractivity contribution >= 4 is 23.2 Å². The van der Waals surface area contributed by atoms with Crippen LogP contribution in [0.5, 0.6) is 0 Å². The van der Waals surface area contributed by atoms with Crippen LogP contribution in [0.2, 0.25) is 0 Å². The van der Waals surface area contributed by atoms with Gasteiger partial charge >= 0.3 is 0 Å². The Morgan fingerprint density at radius 3 is 2.21 bits per heavy atom. The van der Waals surface area contributed by atoms with Crippen molar-refractivity contribution in [3.8, 4) is 0 Å². The van der Waals surface area contributed by atoms with E-state index in [2.05, 4.69) is 29.8 Å². The van der Waals surface area contributed by atoms with Crippen LogP contribution in [-0.4, -0.2) is 36.0 Å². The zero-order valence-corrected chi connectivity index (χ0v) is 15.7. The Labute approximate surface area is 147 Å². The molecule has 0 radical (unpaired) electrons. The van der Waals surface area contributed by atoms with Gasteiger partial charge in [0, 0.05) is 29.7 Å². The summed E-state index contributed by atoms with van der Waals surface area (Å²) < 4.78 is 0. The van der Waals surface area contributed by atoms with Crippen molar-refractivity contribution in [3.63, 3.8) is 0 Å². The van der Waals surface area contributed by atoms with Crippen LogP contribution in [0.15, 0.2) is 29.2 Å². The molecule has 1 aromatic heterocycles. The number of carbonyl (C=O) groups is 2. The van der Waals surface area contributed by atoms with Crippen LogP contribution in [0.4, 0.5) is 0 Å². The molecule has 3 N–H and O–H groups in total. The molecule has 0 bridgehead atoms. The fourth-order valence-electron chi connectivity index (χ4n) is 3.04. The molecule has 6 heteroatoms. The lowest BCUT2D eigenvalue weighted by Crippen LogP contribution is -2.47. The van der Waals surface area contributed by atoms with Crippen LogP contribution in [0.3, 0.4) is 0 Å². The first-order chi connectivity index (χ1) is 11.2. The molecule has 2 heterocycles. The summed E-state index contributed by atoms with van der Waals surface area (Å²) in [4.78, 5) is 24.9. The van der Waals surface area contributed by atoms with Crippen LogP contribution < -0.4 is 16.0 Å². The Morgan fingerprint density at radius 1 is 1.08 bits per heavy atom. The van der Waals surface area contributed by atoms with Crippen molar-refractivity contribution in [2.75, 3.05) is 13.1 Å². The van der Waals surface area contributed by atoms with Gasteiger partial charge in [0.15, 0.2) is 0 Å². The van der Waals surface area contributed by atoms with E-state index in [1.807, 2.05) is 37.4 Å². The third kappa shape index (κ3) is 4.92. The molecule has 0 saturated carbocycles. The quantitative estimate of drug-likeness (QED) is 0.662. The number of amides is 2. The maximum absolute atomic E-state index is 12.4. The fraction of sp³-hybridized carbons (Fsp3) is 0.556. The molecule has 0 aromatic carbocycles. The standard InChI is InChI=1S/C18H27N3O2S/c1-17(2)12-13(18(3,4)21-17)15(22)19-9-5-6-10-20-16(23)14-8-7-11-24-14/h7-8,11-12,21H,5-6,9-10H2,1-4H3,(H,19,22)(H,20,23). The normalized spacial score (nSPS) is 18.1. The highest BCUT2D eigenvalue weighted by atomic mass is 32.1. The first kappa shape index (κ1) is 18.7. The molecule has 0 aliphatic carbocycles. The minimum Gasteiger partial charge on any atom is -0.352 e. The molecule has 0 unspecified atom stereocenters. The van der Waals surface area contributed by atoms with Gasteiger partial charge in [0.05, 0.1) is 4.88 Å². The van der Waals surface area contributed by atoms with Crippen LogP contribution in [0.25, 0.3) is 0 Å². The topological polar surface area (TPSA) is 70.2 Å². The van der Waals surface area contributed by atoms with Gasteiger partial charge in [0.25, 0.3) is 5.91 Å². The Bertz CT molecular complexity index is 618. The van der Waals surface area contributed by atoms with Gasteiger partial charge in [-0.1, -0.05) is 12.1 Å². The van der Waals surface area contributed by atoms with Gasteiger partial charge in [-0.3, -0.25) is 14.9 Å². The van der Waals surface area contributed by atoms with Crippen molar-refractivity contribution in [1.82, 2.24) is 16.0 Å². The molecule has 0 saturated heterocycles. The van der Waals surface area contributed by atoms with Crippen LogP contribution in [-0.2, 0) is 4.79 Å². The second-order valence-corrected chi connectivity index (χ2v) is 8.17. The van der Waals surface area contributed by atoms with Crippen molar-refractivity contribution in [2.45, 2.75) is 51.6 Å². The zero-order valence-electron chi connectivity index (χ0n) is 14.9. The summed E-state index contributed by atoms with van der Waals surface area (Å²) in [5.41, 5.74) is 0.309. The van der Waals surface area contributed by atoms with Crippen molar-refractivity contribution in [3.05, 3.63) is 34.0 Å². The van der Waals surface area contributed by atoms with Gasteiger partial charge in [0.1, 0.15) is 0 Å². The summed E-state index contributed by atoms with van der Waals surface area (Å²) in [6.45, 7) is 9.40. The summed E-state index contributed by atoms with van der Waals surface area (Å²) >= 11 is 1.44. The predicted molar refractivity (Wildman–Crippen MR) is 98.3 cm³/mol. The molecule has 1 aliphatic rings. The zero-order chi connectivity index (χ0) is 17.8. The first-order valence-electron chi connectivity index (χ1n) is 8.34. The van der Waals surface area contributed by atoms with Crippen LogP contribution in [0.1, 0.15) is 50.2 Å². The van der Waals surface area contributed by atoms with Crippen molar-refractivity contribution in [2.24, 2.45) is 0 Å². The van der Waals surface area contributed by atoms with E-state index < -0.39 is 0 Å². The number of thiophene rings is 1. The Hall–Kier alpha value is -1.66. The van der Waals surface area contributed by atoms with E-state index in [4.69, 9.17) is 0 Å². The Kier molecular flexibility index (Phi) is 5.83. The van der Waals surface area contributed by atoms with E-state index in [0.29, 0.717) is 13.1 Å². The lowest BCUT2D eigenvalue weighted by molar-refractivity contribution is -0.118. The summed E-state index contributed by atoms with van der Waals surface area (Å²) in [7, 11) is 0. The molecule has 0 fully saturated rings. The van der Waals surface area contributed by atoms with Gasteiger partial charge in [0.2, 0.25) is 5.91 Å². The highest BCUT2D eigenvalue weighted by Crippen LogP contribution is 2.29. The molecule has 5 nitrogen and oxygen atoms in total. The number of hydrogen-bond donors (Lipinski definition) is 3. The predicted octanol–water partition coefficient (Wildman–Crippen LogP) is 2.46. The molecule has 24 heavy (non-hydrogen) atoms. The lowest BCUT2D eigenvalue weighted by Gasteiger charge is -2.27. The number of hydrogen-bond acceptors (Lipinski definition) is 4. The van der Waals surface area contributed by atoms with Gasteiger partial charge in [-0.2, -0.15) is 0 Å². The van der Waals surface area contributed by atoms with E-state index in [1.165, 1.54) is 11.3 Å². The minimum absolute atomic E-state index is 0.0132. The lowest BCUT2D eigenvalue weighted by atomic mass is 9.96. The van der Waals surface area contributed by atoms with Gasteiger partial charge in [-0.15, -0.1) is 11.3 Å². The number of unbranched alkanes of at least 4 members (excludes halogenated alkanes) is 1. The summed E-state index contributed by atoms with van der Waals surface area (Å²) in [6, 6.07) is 3.68. The van der Waals surface area contributed by atoms with Crippen LogP contribution in [0, 0.1) is 0 Å². The molecular weight excluding hydrogens is 322 g/mol. The highest BCUT2D eigenvalue weighted by molar-refractivity contribution is 7.12. The number of carbonyl (C=O) groups excluding carboxylic acids is 2. The van der Waals surface area contributed by atoms with Crippen molar-refractivity contribution < 1.29 is 9.59 Å². The third-order valence-electron chi connectivity index (χ3n) is 3.98. The molecule has 132 valence electrons. The smallest absolute Gasteiger partial charge is 0.261 e. The van der Waals surface area contributed by atoms with Gasteiger partial charge in [-0.05, 0) is 52.0 Å². The maximum Gasteiger partial charge on any atom is 0.261 e. The Morgan fingerprint density at radius 2 is 1.71 bits per heavy atom. The third-order valence-corrected chi connectivity index (χ3v) is 4.85. The van der Waals surface area contributed by atoms with E-state index >= 15 is 0 Å². The summed E-state index contributed by atoms with van der Waals surface area (Å²) in [5, 5.41) is 11.2. The molecule has 2 rings (SSSR count). The molecule has 2 amide bonds. The molecular formula is C18H27N3O2S. The molecule has 1 aromatic rings. The first-order valence-corrected chi connectivity index (χ1v) is 9.22. The second kappa shape index (κ2) is 7.49. The number of nitrogens with one attached hydrogen (secondary N) is 3. The van der Waals surface area contributed by atoms with E-state index in [1.54, 1.807) is 0 Å². The molecule has 0 atom stereocenters. The van der Waals surface area contributed by atoms with Crippen LogP contribution >= 0.6 is 11.3 Å². The summed E-state index contributed by atoms with van der Waals surface area (Å²) in [5.74, 6) is -0.0408. The number of rotatable bonds is 7. The fourth-order valence-corrected chi connectivity index (χ4v) is 3.68. The minimum atomic E-state index is -0.317. The van der Waals surface area contributed by atoms with Crippen molar-refractivity contribution in [1.29, 1.82) is 0 Å². The van der Waals surface area contributed by atoms with Gasteiger partial charge in [-0.25, -0.2) is 0 Å². The summed E-state index contributed by atoms with van der Waals surface area (Å²) in [6.07, 6.45) is 3.67. The average Bonchev–Trinajstić information content (AvgIpc) is 3.07. The molecule has 1 aliphatic heterocycles. The van der Waals surface area contributed by atoms with Gasteiger partial charge < -0.3 is 10.6 Å². The van der Waals surface area contributed by atoms with E-state index in [9.17, 15) is 9.59 Å². The second-order valence-electron chi connectivity index (χ2n) is 7.23. The SMILES string of the molecule is CC1(C)C=C(C(=O)NCCCCNC(=O)c2cccs2)C(C)(C)N1. The average molecular weight is 350 g/mol. The highest BCUT2D eigenvalue weighted by Gasteiger charge is 2.39. The maximum atomic E-state index is 12.4. The largest absolute Gasteiger partial charge is 0.352 e. The van der Waals surface area contributed by atoms with E-state index in [-0.39, 0.29) is 22.9 Å².